The number of likely N-dealkylation sites (N-methyl/N-ethyl adjacent to an activating group) is 2. The standard InChI is InChI=1S/C37H47FN4O4/c1-36(2,25-43)24-40-34(45)31(22-26-13-16-30(38)17-14-26)42(4)35(46)32(23-27-12-15-28-9-5-6-10-29(28)21-27)41(3)33(44)11-7-18-37(39)19-8-20-37/h5-7,9-17,21,31-32,43H,8,18-20,22-25,39H2,1-4H3,(H,40,45)/b11-7+/t31-,32-/m1/s1. The molecule has 246 valence electrons. The molecule has 3 amide bonds. The Balaban J connectivity index is 1.63. The van der Waals surface area contributed by atoms with E-state index < -0.39 is 35.1 Å². The molecule has 1 aliphatic carbocycles. The van der Waals surface area contributed by atoms with Crippen molar-refractivity contribution in [2.45, 2.75) is 70.0 Å². The molecule has 0 spiro atoms. The average molecular weight is 631 g/mol. The molecule has 0 aliphatic heterocycles. The lowest BCUT2D eigenvalue weighted by atomic mass is 9.75. The van der Waals surface area contributed by atoms with Gasteiger partial charge < -0.3 is 26.0 Å². The Morgan fingerprint density at radius 2 is 1.59 bits per heavy atom. The number of benzene rings is 3. The smallest absolute Gasteiger partial charge is 0.246 e. The second-order valence-corrected chi connectivity index (χ2v) is 13.5. The van der Waals surface area contributed by atoms with Crippen molar-refractivity contribution in [2.75, 3.05) is 27.2 Å². The number of nitrogens with one attached hydrogen (secondary N) is 1. The first-order valence-electron chi connectivity index (χ1n) is 15.9. The first kappa shape index (κ1) is 34.8. The molecule has 8 nitrogen and oxygen atoms in total. The summed E-state index contributed by atoms with van der Waals surface area (Å²) in [6, 6.07) is 17.8. The number of carbonyl (C=O) groups excluding carboxylic acids is 3. The fourth-order valence-corrected chi connectivity index (χ4v) is 5.62. The van der Waals surface area contributed by atoms with Crippen molar-refractivity contribution in [3.63, 3.8) is 0 Å². The number of aliphatic hydroxyl groups is 1. The number of fused-ring (bicyclic) bond motifs is 1. The molecule has 3 aromatic carbocycles. The second kappa shape index (κ2) is 15.0. The topological polar surface area (TPSA) is 116 Å². The monoisotopic (exact) mass is 630 g/mol. The molecule has 0 heterocycles. The van der Waals surface area contributed by atoms with Crippen molar-refractivity contribution >= 4 is 28.5 Å². The van der Waals surface area contributed by atoms with E-state index in [1.165, 1.54) is 28.0 Å². The second-order valence-electron chi connectivity index (χ2n) is 13.5. The number of nitrogens with two attached hydrogens (primary N) is 1. The Labute approximate surface area is 271 Å². The van der Waals surface area contributed by atoms with Gasteiger partial charge in [0.05, 0.1) is 0 Å². The SMILES string of the molecule is CN(C(=O)/C=C/CC1(N)CCC1)[C@H](Cc1ccc2ccccc2c1)C(=O)N(C)[C@H](Cc1ccc(F)cc1)C(=O)NCC(C)(C)CO. The highest BCUT2D eigenvalue weighted by Crippen LogP contribution is 2.32. The third-order valence-electron chi connectivity index (χ3n) is 9.11. The fraction of sp³-hybridized carbons (Fsp3) is 0.432. The number of hydrogen-bond acceptors (Lipinski definition) is 5. The van der Waals surface area contributed by atoms with E-state index in [1.54, 1.807) is 32.3 Å². The Morgan fingerprint density at radius 3 is 2.22 bits per heavy atom. The van der Waals surface area contributed by atoms with Crippen LogP contribution in [0.3, 0.4) is 0 Å². The van der Waals surface area contributed by atoms with Crippen molar-refractivity contribution in [2.24, 2.45) is 11.1 Å². The van der Waals surface area contributed by atoms with Crippen LogP contribution in [0.25, 0.3) is 10.8 Å². The Kier molecular flexibility index (Phi) is 11.3. The van der Waals surface area contributed by atoms with Crippen molar-refractivity contribution in [3.8, 4) is 0 Å². The summed E-state index contributed by atoms with van der Waals surface area (Å²) in [4.78, 5) is 44.3. The van der Waals surface area contributed by atoms with E-state index in [4.69, 9.17) is 5.73 Å². The van der Waals surface area contributed by atoms with Crippen molar-refractivity contribution in [3.05, 3.63) is 95.8 Å². The van der Waals surface area contributed by atoms with Gasteiger partial charge in [-0.2, -0.15) is 0 Å². The highest BCUT2D eigenvalue weighted by Gasteiger charge is 2.36. The highest BCUT2D eigenvalue weighted by atomic mass is 19.1. The maximum absolute atomic E-state index is 14.4. The van der Waals surface area contributed by atoms with Gasteiger partial charge in [-0.05, 0) is 65.8 Å². The Hall–Kier alpha value is -4.08. The molecule has 9 heteroatoms. The lowest BCUT2D eigenvalue weighted by Gasteiger charge is -2.37. The van der Waals surface area contributed by atoms with E-state index in [9.17, 15) is 23.9 Å². The highest BCUT2D eigenvalue weighted by molar-refractivity contribution is 5.95. The predicted molar refractivity (Wildman–Crippen MR) is 179 cm³/mol. The molecule has 0 radical (unpaired) electrons. The Morgan fingerprint density at radius 1 is 0.957 bits per heavy atom. The van der Waals surface area contributed by atoms with E-state index in [-0.39, 0.29) is 37.4 Å². The molecule has 0 aromatic heterocycles. The largest absolute Gasteiger partial charge is 0.396 e. The van der Waals surface area contributed by atoms with Crippen LogP contribution in [-0.2, 0) is 27.2 Å². The molecule has 4 rings (SSSR count). The molecule has 46 heavy (non-hydrogen) atoms. The van der Waals surface area contributed by atoms with Gasteiger partial charge in [-0.15, -0.1) is 0 Å². The third-order valence-corrected chi connectivity index (χ3v) is 9.11. The van der Waals surface area contributed by atoms with Crippen LogP contribution in [0.2, 0.25) is 0 Å². The van der Waals surface area contributed by atoms with Gasteiger partial charge >= 0.3 is 0 Å². The van der Waals surface area contributed by atoms with Gasteiger partial charge in [0.1, 0.15) is 17.9 Å². The van der Waals surface area contributed by atoms with Crippen LogP contribution in [0, 0.1) is 11.2 Å². The zero-order valence-electron chi connectivity index (χ0n) is 27.3. The minimum Gasteiger partial charge on any atom is -0.396 e. The van der Waals surface area contributed by atoms with Crippen LogP contribution in [0.1, 0.15) is 50.7 Å². The van der Waals surface area contributed by atoms with Gasteiger partial charge in [0.25, 0.3) is 0 Å². The first-order valence-corrected chi connectivity index (χ1v) is 15.9. The number of hydrogen-bond donors (Lipinski definition) is 3. The molecule has 3 aromatic rings. The summed E-state index contributed by atoms with van der Waals surface area (Å²) in [5, 5.41) is 14.7. The maximum Gasteiger partial charge on any atom is 0.246 e. The molecule has 1 aliphatic rings. The van der Waals surface area contributed by atoms with E-state index in [0.29, 0.717) is 12.0 Å². The molecule has 1 saturated carbocycles. The molecule has 2 atom stereocenters. The minimum absolute atomic E-state index is 0.132. The molecule has 0 unspecified atom stereocenters. The number of rotatable bonds is 14. The van der Waals surface area contributed by atoms with E-state index in [1.807, 2.05) is 56.3 Å². The van der Waals surface area contributed by atoms with Crippen LogP contribution in [-0.4, -0.2) is 77.5 Å². The van der Waals surface area contributed by atoms with E-state index in [0.717, 1.165) is 35.6 Å². The van der Waals surface area contributed by atoms with Crippen LogP contribution < -0.4 is 11.1 Å². The zero-order chi connectivity index (χ0) is 33.5. The summed E-state index contributed by atoms with van der Waals surface area (Å²) in [6.45, 7) is 3.70. The summed E-state index contributed by atoms with van der Waals surface area (Å²) in [5.74, 6) is -1.55. The zero-order valence-corrected chi connectivity index (χ0v) is 27.3. The predicted octanol–water partition coefficient (Wildman–Crippen LogP) is 4.38. The van der Waals surface area contributed by atoms with Gasteiger partial charge in [0, 0.05) is 51.0 Å². The summed E-state index contributed by atoms with van der Waals surface area (Å²) in [7, 11) is 3.16. The molecule has 1 fully saturated rings. The van der Waals surface area contributed by atoms with Crippen molar-refractivity contribution in [1.82, 2.24) is 15.1 Å². The lowest BCUT2D eigenvalue weighted by molar-refractivity contribution is -0.146. The van der Waals surface area contributed by atoms with Gasteiger partial charge in [0.15, 0.2) is 0 Å². The first-order chi connectivity index (χ1) is 21.8. The van der Waals surface area contributed by atoms with Gasteiger partial charge in [0.2, 0.25) is 17.7 Å². The number of carbonyl (C=O) groups is 3. The van der Waals surface area contributed by atoms with Crippen LogP contribution >= 0.6 is 0 Å². The molecular formula is C37H47FN4O4. The number of amides is 3. The van der Waals surface area contributed by atoms with Crippen LogP contribution in [0.4, 0.5) is 4.39 Å². The Bertz CT molecular complexity index is 1550. The van der Waals surface area contributed by atoms with E-state index >= 15 is 0 Å². The average Bonchev–Trinajstić information content (AvgIpc) is 3.04. The van der Waals surface area contributed by atoms with E-state index in [2.05, 4.69) is 5.32 Å². The number of nitrogens with zero attached hydrogens (tertiary/aromatic N) is 2. The molecule has 4 N–H and O–H groups in total. The lowest BCUT2D eigenvalue weighted by Crippen LogP contribution is -2.56. The summed E-state index contributed by atoms with van der Waals surface area (Å²) < 4.78 is 13.7. The number of halogens is 1. The fourth-order valence-electron chi connectivity index (χ4n) is 5.62. The molecular weight excluding hydrogens is 583 g/mol. The van der Waals surface area contributed by atoms with Gasteiger partial charge in [-0.25, -0.2) is 4.39 Å². The van der Waals surface area contributed by atoms with Crippen molar-refractivity contribution in [1.29, 1.82) is 0 Å². The number of aliphatic hydroxyl groups excluding tert-OH is 1. The van der Waals surface area contributed by atoms with Crippen LogP contribution in [0.15, 0.2) is 78.9 Å². The minimum atomic E-state index is -0.957. The van der Waals surface area contributed by atoms with Crippen molar-refractivity contribution < 1.29 is 23.9 Å². The quantitative estimate of drug-likeness (QED) is 0.229. The normalized spacial score (nSPS) is 15.6. The molecule has 0 saturated heterocycles. The third kappa shape index (κ3) is 9.01. The van der Waals surface area contributed by atoms with Gasteiger partial charge in [-0.1, -0.05) is 74.5 Å². The van der Waals surface area contributed by atoms with Crippen LogP contribution in [0.5, 0.6) is 0 Å². The summed E-state index contributed by atoms with van der Waals surface area (Å²) >= 11 is 0. The summed E-state index contributed by atoms with van der Waals surface area (Å²) in [6.07, 6.45) is 7.13. The van der Waals surface area contributed by atoms with Gasteiger partial charge in [-0.3, -0.25) is 14.4 Å². The summed E-state index contributed by atoms with van der Waals surface area (Å²) in [5.41, 5.74) is 7.04. The maximum atomic E-state index is 14.4. The molecule has 0 bridgehead atoms.